The van der Waals surface area contributed by atoms with Crippen LogP contribution in [0.2, 0.25) is 0 Å². The molecule has 0 radical (unpaired) electrons. The van der Waals surface area contributed by atoms with Crippen molar-refractivity contribution >= 4 is 5.91 Å². The molecule has 3 heteroatoms. The minimum atomic E-state index is -0.286. The SMILES string of the molecule is CC(C(=O)n1nc2c(c1-c1ccccc1)[C@H](C)CC[C@H]2C(C)C)C(c1ccccc1)c1ccccc1. The summed E-state index contributed by atoms with van der Waals surface area (Å²) in [5.41, 5.74) is 6.74. The summed E-state index contributed by atoms with van der Waals surface area (Å²) in [5, 5.41) is 5.14. The maximum Gasteiger partial charge on any atom is 0.251 e. The summed E-state index contributed by atoms with van der Waals surface area (Å²) in [6.45, 7) is 8.90. The van der Waals surface area contributed by atoms with Crippen LogP contribution in [0.1, 0.15) is 85.5 Å². The Labute approximate surface area is 215 Å². The van der Waals surface area contributed by atoms with Crippen LogP contribution in [0.4, 0.5) is 0 Å². The molecule has 0 bridgehead atoms. The maximum absolute atomic E-state index is 14.4. The number of aromatic nitrogens is 2. The molecule has 0 spiro atoms. The number of benzene rings is 3. The van der Waals surface area contributed by atoms with E-state index in [1.807, 2.05) is 18.2 Å². The number of hydrogen-bond acceptors (Lipinski definition) is 2. The highest BCUT2D eigenvalue weighted by molar-refractivity contribution is 5.87. The number of carbonyl (C=O) groups excluding carboxylic acids is 1. The minimum Gasteiger partial charge on any atom is -0.272 e. The summed E-state index contributed by atoms with van der Waals surface area (Å²) in [6.07, 6.45) is 2.25. The van der Waals surface area contributed by atoms with Crippen molar-refractivity contribution in [2.45, 2.75) is 58.3 Å². The van der Waals surface area contributed by atoms with Crippen molar-refractivity contribution in [2.75, 3.05) is 0 Å². The second kappa shape index (κ2) is 10.3. The van der Waals surface area contributed by atoms with Gasteiger partial charge >= 0.3 is 0 Å². The molecule has 3 aromatic carbocycles. The normalized spacial score (nSPS) is 18.3. The average molecular weight is 477 g/mol. The molecule has 5 rings (SSSR count). The number of nitrogens with zero attached hydrogens (tertiary/aromatic N) is 2. The molecule has 184 valence electrons. The lowest BCUT2D eigenvalue weighted by atomic mass is 9.75. The van der Waals surface area contributed by atoms with E-state index in [4.69, 9.17) is 5.10 Å². The van der Waals surface area contributed by atoms with Gasteiger partial charge in [-0.2, -0.15) is 9.78 Å². The van der Waals surface area contributed by atoms with Crippen LogP contribution >= 0.6 is 0 Å². The average Bonchev–Trinajstić information content (AvgIpc) is 3.31. The van der Waals surface area contributed by atoms with Crippen LogP contribution < -0.4 is 0 Å². The fourth-order valence-electron chi connectivity index (χ4n) is 6.03. The Morgan fingerprint density at radius 2 is 1.33 bits per heavy atom. The molecule has 4 aromatic rings. The van der Waals surface area contributed by atoms with Crippen molar-refractivity contribution in [1.29, 1.82) is 0 Å². The Kier molecular flexibility index (Phi) is 6.91. The Morgan fingerprint density at radius 1 is 0.806 bits per heavy atom. The monoisotopic (exact) mass is 476 g/mol. The summed E-state index contributed by atoms with van der Waals surface area (Å²) in [4.78, 5) is 14.4. The van der Waals surface area contributed by atoms with Gasteiger partial charge in [-0.3, -0.25) is 4.79 Å². The van der Waals surface area contributed by atoms with E-state index in [1.165, 1.54) is 5.56 Å². The summed E-state index contributed by atoms with van der Waals surface area (Å²) in [6, 6.07) is 31.2. The molecule has 0 fully saturated rings. The summed E-state index contributed by atoms with van der Waals surface area (Å²) in [7, 11) is 0. The van der Waals surface area contributed by atoms with Gasteiger partial charge < -0.3 is 0 Å². The molecular weight excluding hydrogens is 440 g/mol. The van der Waals surface area contributed by atoms with Gasteiger partial charge in [0.2, 0.25) is 0 Å². The van der Waals surface area contributed by atoms with E-state index in [2.05, 4.69) is 100 Å². The van der Waals surface area contributed by atoms with E-state index in [0.717, 1.165) is 40.9 Å². The number of carbonyl (C=O) groups is 1. The smallest absolute Gasteiger partial charge is 0.251 e. The molecule has 1 heterocycles. The number of hydrogen-bond donors (Lipinski definition) is 0. The zero-order chi connectivity index (χ0) is 25.2. The van der Waals surface area contributed by atoms with Crippen LogP contribution in [-0.2, 0) is 0 Å². The van der Waals surface area contributed by atoms with E-state index in [0.29, 0.717) is 17.8 Å². The van der Waals surface area contributed by atoms with Crippen LogP contribution in [0, 0.1) is 11.8 Å². The molecule has 0 N–H and O–H groups in total. The third-order valence-corrected chi connectivity index (χ3v) is 7.97. The van der Waals surface area contributed by atoms with Gasteiger partial charge in [0, 0.05) is 28.9 Å². The fraction of sp³-hybridized carbons (Fsp3) is 0.333. The molecule has 3 atom stereocenters. The second-order valence-corrected chi connectivity index (χ2v) is 10.7. The highest BCUT2D eigenvalue weighted by Gasteiger charge is 2.37. The Balaban J connectivity index is 1.67. The summed E-state index contributed by atoms with van der Waals surface area (Å²) < 4.78 is 1.76. The van der Waals surface area contributed by atoms with Crippen LogP contribution in [0.15, 0.2) is 91.0 Å². The van der Waals surface area contributed by atoms with E-state index in [1.54, 1.807) is 4.68 Å². The minimum absolute atomic E-state index is 0.0515. The zero-order valence-corrected chi connectivity index (χ0v) is 21.8. The van der Waals surface area contributed by atoms with Crippen LogP contribution in [0.5, 0.6) is 0 Å². The van der Waals surface area contributed by atoms with E-state index in [9.17, 15) is 4.79 Å². The molecule has 1 aromatic heterocycles. The van der Waals surface area contributed by atoms with Crippen molar-refractivity contribution in [2.24, 2.45) is 11.8 Å². The zero-order valence-electron chi connectivity index (χ0n) is 21.8. The molecule has 0 saturated heterocycles. The predicted molar refractivity (Wildman–Crippen MR) is 147 cm³/mol. The van der Waals surface area contributed by atoms with Crippen molar-refractivity contribution < 1.29 is 4.79 Å². The molecule has 1 aliphatic carbocycles. The first-order valence-corrected chi connectivity index (χ1v) is 13.3. The number of rotatable bonds is 6. The molecule has 0 amide bonds. The van der Waals surface area contributed by atoms with Crippen LogP contribution in [0.25, 0.3) is 11.3 Å². The molecular formula is C33H36N2O. The van der Waals surface area contributed by atoms with E-state index in [-0.39, 0.29) is 17.7 Å². The van der Waals surface area contributed by atoms with Gasteiger partial charge in [0.25, 0.3) is 5.91 Å². The van der Waals surface area contributed by atoms with Gasteiger partial charge in [-0.25, -0.2) is 0 Å². The Bertz CT molecular complexity index is 1270. The standard InChI is InChI=1S/C33H36N2O/c1-22(2)28-21-20-23(3)29-31(28)34-35(32(29)27-18-12-7-13-19-27)33(36)24(4)30(25-14-8-5-9-15-25)26-16-10-6-11-17-26/h5-19,22-24,28,30H,20-21H2,1-4H3/t23-,24?,28+/m1/s1. The molecule has 1 aliphatic rings. The summed E-state index contributed by atoms with van der Waals surface area (Å²) in [5.74, 6) is 0.950. The number of fused-ring (bicyclic) bond motifs is 1. The molecule has 0 saturated carbocycles. The third-order valence-electron chi connectivity index (χ3n) is 7.97. The highest BCUT2D eigenvalue weighted by Crippen LogP contribution is 2.46. The molecule has 36 heavy (non-hydrogen) atoms. The molecule has 3 nitrogen and oxygen atoms in total. The second-order valence-electron chi connectivity index (χ2n) is 10.7. The lowest BCUT2D eigenvalue weighted by Crippen LogP contribution is -2.27. The van der Waals surface area contributed by atoms with Gasteiger partial charge in [0.15, 0.2) is 0 Å². The van der Waals surface area contributed by atoms with Gasteiger partial charge in [-0.05, 0) is 35.8 Å². The van der Waals surface area contributed by atoms with Crippen LogP contribution in [0.3, 0.4) is 0 Å². The van der Waals surface area contributed by atoms with Gasteiger partial charge in [0.1, 0.15) is 0 Å². The van der Waals surface area contributed by atoms with Gasteiger partial charge in [0.05, 0.1) is 11.4 Å². The maximum atomic E-state index is 14.4. The van der Waals surface area contributed by atoms with Crippen molar-refractivity contribution in [3.05, 3.63) is 113 Å². The van der Waals surface area contributed by atoms with Gasteiger partial charge in [-0.1, -0.05) is 119 Å². The van der Waals surface area contributed by atoms with Crippen LogP contribution in [-0.4, -0.2) is 15.7 Å². The first-order valence-electron chi connectivity index (χ1n) is 13.3. The fourth-order valence-corrected chi connectivity index (χ4v) is 6.03. The Hall–Kier alpha value is -3.46. The quantitative estimate of drug-likeness (QED) is 0.280. The molecule has 0 aliphatic heterocycles. The predicted octanol–water partition coefficient (Wildman–Crippen LogP) is 8.30. The van der Waals surface area contributed by atoms with E-state index < -0.39 is 0 Å². The first-order chi connectivity index (χ1) is 17.5. The lowest BCUT2D eigenvalue weighted by Gasteiger charge is -2.29. The van der Waals surface area contributed by atoms with E-state index >= 15 is 0 Å². The largest absolute Gasteiger partial charge is 0.272 e. The van der Waals surface area contributed by atoms with Crippen molar-refractivity contribution in [1.82, 2.24) is 9.78 Å². The van der Waals surface area contributed by atoms with Gasteiger partial charge in [-0.15, -0.1) is 0 Å². The highest BCUT2D eigenvalue weighted by atomic mass is 16.2. The van der Waals surface area contributed by atoms with Crippen molar-refractivity contribution in [3.8, 4) is 11.3 Å². The van der Waals surface area contributed by atoms with Crippen molar-refractivity contribution in [3.63, 3.8) is 0 Å². The lowest BCUT2D eigenvalue weighted by molar-refractivity contribution is 0.0818. The third kappa shape index (κ3) is 4.43. The first kappa shape index (κ1) is 24.2. The topological polar surface area (TPSA) is 34.9 Å². The Morgan fingerprint density at radius 3 is 1.86 bits per heavy atom. The molecule has 1 unspecified atom stereocenters. The summed E-state index contributed by atoms with van der Waals surface area (Å²) >= 11 is 0.